The smallest absolute Gasteiger partial charge is 0.226 e. The van der Waals surface area contributed by atoms with E-state index >= 15 is 0 Å². The lowest BCUT2D eigenvalue weighted by atomic mass is 10.0. The van der Waals surface area contributed by atoms with Gasteiger partial charge in [0.2, 0.25) is 5.91 Å². The fraction of sp³-hybridized carbons (Fsp3) is 0.211. The Morgan fingerprint density at radius 1 is 1.09 bits per heavy atom. The van der Waals surface area contributed by atoms with Crippen LogP contribution in [0.1, 0.15) is 11.1 Å². The summed E-state index contributed by atoms with van der Waals surface area (Å²) in [5, 5.41) is 1.11. The highest BCUT2D eigenvalue weighted by Gasteiger charge is 2.09. The summed E-state index contributed by atoms with van der Waals surface area (Å²) in [5.41, 5.74) is 5.04. The molecule has 0 atom stereocenters. The molecule has 0 spiro atoms. The van der Waals surface area contributed by atoms with Crippen LogP contribution in [0.5, 0.6) is 0 Å². The molecule has 3 aromatic rings. The van der Waals surface area contributed by atoms with Crippen LogP contribution in [0.2, 0.25) is 0 Å². The van der Waals surface area contributed by atoms with Gasteiger partial charge in [-0.3, -0.25) is 9.78 Å². The molecule has 0 aliphatic rings. The van der Waals surface area contributed by atoms with Crippen LogP contribution in [0.15, 0.2) is 48.8 Å². The van der Waals surface area contributed by atoms with Gasteiger partial charge in [-0.2, -0.15) is 0 Å². The van der Waals surface area contributed by atoms with Gasteiger partial charge in [-0.25, -0.2) is 4.98 Å². The minimum Gasteiger partial charge on any atom is -0.349 e. The number of carbonyl (C=O) groups is 1. The lowest BCUT2D eigenvalue weighted by molar-refractivity contribution is -0.127. The van der Waals surface area contributed by atoms with Gasteiger partial charge in [0, 0.05) is 37.4 Å². The van der Waals surface area contributed by atoms with Gasteiger partial charge in [0.05, 0.1) is 17.6 Å². The molecule has 0 fully saturated rings. The Balaban J connectivity index is 2.05. The van der Waals surface area contributed by atoms with E-state index in [1.54, 1.807) is 31.4 Å². The van der Waals surface area contributed by atoms with Crippen molar-refractivity contribution in [3.8, 4) is 11.3 Å². The zero-order valence-electron chi connectivity index (χ0n) is 13.6. The summed E-state index contributed by atoms with van der Waals surface area (Å²) in [5.74, 6) is 0.0892. The third-order valence-corrected chi connectivity index (χ3v) is 3.91. The van der Waals surface area contributed by atoms with Gasteiger partial charge < -0.3 is 4.90 Å². The summed E-state index contributed by atoms with van der Waals surface area (Å²) in [7, 11) is 3.54. The maximum atomic E-state index is 11.9. The quantitative estimate of drug-likeness (QED) is 0.746. The second kappa shape index (κ2) is 6.16. The van der Waals surface area contributed by atoms with Crippen molar-refractivity contribution >= 4 is 16.8 Å². The van der Waals surface area contributed by atoms with E-state index in [0.717, 1.165) is 27.7 Å². The van der Waals surface area contributed by atoms with Crippen LogP contribution < -0.4 is 0 Å². The summed E-state index contributed by atoms with van der Waals surface area (Å²) >= 11 is 0. The number of benzene rings is 1. The van der Waals surface area contributed by atoms with Crippen molar-refractivity contribution in [2.24, 2.45) is 0 Å². The average Bonchev–Trinajstić information content (AvgIpc) is 2.55. The van der Waals surface area contributed by atoms with Gasteiger partial charge >= 0.3 is 0 Å². The summed E-state index contributed by atoms with van der Waals surface area (Å²) in [6.07, 6.45) is 3.93. The highest BCUT2D eigenvalue weighted by molar-refractivity contribution is 5.87. The number of aryl methyl sites for hydroxylation is 1. The van der Waals surface area contributed by atoms with Crippen molar-refractivity contribution in [2.45, 2.75) is 13.3 Å². The zero-order chi connectivity index (χ0) is 16.4. The number of likely N-dealkylation sites (N-methyl/N-ethyl adjacent to an activating group) is 1. The van der Waals surface area contributed by atoms with Crippen LogP contribution in [0.4, 0.5) is 0 Å². The number of aromatic nitrogens is 2. The van der Waals surface area contributed by atoms with Crippen LogP contribution in [0, 0.1) is 6.92 Å². The molecule has 3 rings (SSSR count). The highest BCUT2D eigenvalue weighted by Crippen LogP contribution is 2.25. The van der Waals surface area contributed by atoms with Gasteiger partial charge in [0.25, 0.3) is 0 Å². The van der Waals surface area contributed by atoms with Crippen LogP contribution >= 0.6 is 0 Å². The maximum absolute atomic E-state index is 11.9. The Kier molecular flexibility index (Phi) is 4.06. The number of fused-ring (bicyclic) bond motifs is 1. The second-order valence-corrected chi connectivity index (χ2v) is 5.88. The van der Waals surface area contributed by atoms with Crippen molar-refractivity contribution in [3.63, 3.8) is 0 Å². The first kappa shape index (κ1) is 15.2. The van der Waals surface area contributed by atoms with Crippen LogP contribution in [0.25, 0.3) is 22.2 Å². The number of nitrogens with zero attached hydrogens (tertiary/aromatic N) is 3. The molecule has 0 aliphatic heterocycles. The molecule has 2 aromatic heterocycles. The third-order valence-electron chi connectivity index (χ3n) is 3.91. The van der Waals surface area contributed by atoms with Gasteiger partial charge in [-0.1, -0.05) is 12.1 Å². The molecule has 0 aliphatic carbocycles. The van der Waals surface area contributed by atoms with Gasteiger partial charge in [0.15, 0.2) is 0 Å². The Morgan fingerprint density at radius 2 is 1.83 bits per heavy atom. The Morgan fingerprint density at radius 3 is 2.52 bits per heavy atom. The predicted molar refractivity (Wildman–Crippen MR) is 92.1 cm³/mol. The second-order valence-electron chi connectivity index (χ2n) is 5.88. The lowest BCUT2D eigenvalue weighted by Crippen LogP contribution is -2.23. The van der Waals surface area contributed by atoms with E-state index < -0.39 is 0 Å². The standard InChI is InChI=1S/C19H19N3O/c1-13-10-17(15-6-8-20-9-7-15)21-18-11-14(4-5-16(13)18)12-19(23)22(2)3/h4-11H,12H2,1-3H3. The first-order chi connectivity index (χ1) is 11.0. The highest BCUT2D eigenvalue weighted by atomic mass is 16.2. The van der Waals surface area contributed by atoms with Crippen molar-refractivity contribution in [2.75, 3.05) is 14.1 Å². The molecule has 4 heteroatoms. The summed E-state index contributed by atoms with van der Waals surface area (Å²) in [6.45, 7) is 2.08. The molecule has 1 amide bonds. The van der Waals surface area contributed by atoms with Crippen molar-refractivity contribution in [1.29, 1.82) is 0 Å². The van der Waals surface area contributed by atoms with E-state index in [9.17, 15) is 4.79 Å². The number of rotatable bonds is 3. The molecule has 0 N–H and O–H groups in total. The molecule has 4 nitrogen and oxygen atoms in total. The molecule has 116 valence electrons. The fourth-order valence-corrected chi connectivity index (χ4v) is 2.56. The normalized spacial score (nSPS) is 10.7. The number of pyridine rings is 2. The SMILES string of the molecule is Cc1cc(-c2ccncc2)nc2cc(CC(=O)N(C)C)ccc12. The Hall–Kier alpha value is -2.75. The molecule has 0 unspecified atom stereocenters. The number of hydrogen-bond donors (Lipinski definition) is 0. The van der Waals surface area contributed by atoms with Crippen LogP contribution in [-0.2, 0) is 11.2 Å². The molecule has 23 heavy (non-hydrogen) atoms. The van der Waals surface area contributed by atoms with Gasteiger partial charge in [-0.15, -0.1) is 0 Å². The van der Waals surface area contributed by atoms with E-state index in [0.29, 0.717) is 6.42 Å². The minimum absolute atomic E-state index is 0.0892. The number of carbonyl (C=O) groups excluding carboxylic acids is 1. The first-order valence-electron chi connectivity index (χ1n) is 7.55. The largest absolute Gasteiger partial charge is 0.349 e. The topological polar surface area (TPSA) is 46.1 Å². The Bertz CT molecular complexity index is 857. The van der Waals surface area contributed by atoms with Crippen LogP contribution in [-0.4, -0.2) is 34.9 Å². The molecule has 0 radical (unpaired) electrons. The Labute approximate surface area is 135 Å². The third kappa shape index (κ3) is 3.21. The van der Waals surface area contributed by atoms with E-state index in [1.807, 2.05) is 30.3 Å². The molecule has 0 saturated carbocycles. The van der Waals surface area contributed by atoms with Crippen molar-refractivity contribution in [1.82, 2.24) is 14.9 Å². The van der Waals surface area contributed by atoms with Crippen molar-refractivity contribution in [3.05, 3.63) is 59.9 Å². The molecule has 0 saturated heterocycles. The van der Waals surface area contributed by atoms with E-state index in [-0.39, 0.29) is 5.91 Å². The predicted octanol–water partition coefficient (Wildman–Crippen LogP) is 3.24. The van der Waals surface area contributed by atoms with Crippen LogP contribution in [0.3, 0.4) is 0 Å². The lowest BCUT2D eigenvalue weighted by Gasteiger charge is -2.11. The number of hydrogen-bond acceptors (Lipinski definition) is 3. The molecule has 1 aromatic carbocycles. The maximum Gasteiger partial charge on any atom is 0.226 e. The fourth-order valence-electron chi connectivity index (χ4n) is 2.56. The molecular formula is C19H19N3O. The van der Waals surface area contributed by atoms with Gasteiger partial charge in [-0.05, 0) is 42.3 Å². The summed E-state index contributed by atoms with van der Waals surface area (Å²) in [4.78, 5) is 22.3. The molecular weight excluding hydrogens is 286 g/mol. The zero-order valence-corrected chi connectivity index (χ0v) is 13.6. The summed E-state index contributed by atoms with van der Waals surface area (Å²) < 4.78 is 0. The van der Waals surface area contributed by atoms with Gasteiger partial charge in [0.1, 0.15) is 0 Å². The summed E-state index contributed by atoms with van der Waals surface area (Å²) in [6, 6.07) is 12.0. The van der Waals surface area contributed by atoms with E-state index in [1.165, 1.54) is 5.56 Å². The van der Waals surface area contributed by atoms with E-state index in [2.05, 4.69) is 18.0 Å². The molecule has 2 heterocycles. The first-order valence-corrected chi connectivity index (χ1v) is 7.55. The van der Waals surface area contributed by atoms with E-state index in [4.69, 9.17) is 4.98 Å². The van der Waals surface area contributed by atoms with Crippen molar-refractivity contribution < 1.29 is 4.79 Å². The minimum atomic E-state index is 0.0892. The number of amides is 1. The average molecular weight is 305 g/mol. The monoisotopic (exact) mass is 305 g/mol. The molecule has 0 bridgehead atoms.